The summed E-state index contributed by atoms with van der Waals surface area (Å²) in [4.78, 5) is 20.2. The summed E-state index contributed by atoms with van der Waals surface area (Å²) in [6.07, 6.45) is 3.51. The number of nitrogens with zero attached hydrogens (tertiary/aromatic N) is 5. The van der Waals surface area contributed by atoms with E-state index in [0.29, 0.717) is 6.61 Å². The number of nitrogens with one attached hydrogen (secondary N) is 1. The van der Waals surface area contributed by atoms with Gasteiger partial charge in [-0.1, -0.05) is 6.07 Å². The van der Waals surface area contributed by atoms with Crippen molar-refractivity contribution in [2.24, 2.45) is 0 Å². The summed E-state index contributed by atoms with van der Waals surface area (Å²) in [7, 11) is 0. The smallest absolute Gasteiger partial charge is 0.133 e. The molecule has 1 aliphatic heterocycles. The van der Waals surface area contributed by atoms with Gasteiger partial charge in [0.1, 0.15) is 23.6 Å². The number of hydrogen-bond donors (Lipinski definition) is 1. The molecular weight excluding hydrogens is 352 g/mol. The molecule has 1 saturated heterocycles. The lowest BCUT2D eigenvalue weighted by atomic mass is 10.1. The first-order valence-electron chi connectivity index (χ1n) is 9.42. The van der Waals surface area contributed by atoms with Gasteiger partial charge in [-0.25, -0.2) is 15.0 Å². The van der Waals surface area contributed by atoms with Crippen LogP contribution in [0.15, 0.2) is 42.7 Å². The summed E-state index contributed by atoms with van der Waals surface area (Å²) in [6, 6.07) is 9.99. The highest BCUT2D eigenvalue weighted by Gasteiger charge is 2.24. The zero-order valence-electron chi connectivity index (χ0n) is 16.4. The zero-order valence-corrected chi connectivity index (χ0v) is 16.4. The predicted octanol–water partition coefficient (Wildman–Crippen LogP) is 3.51. The first-order chi connectivity index (χ1) is 13.6. The Labute approximate surface area is 164 Å². The van der Waals surface area contributed by atoms with E-state index in [1.165, 1.54) is 0 Å². The van der Waals surface area contributed by atoms with E-state index in [-0.39, 0.29) is 6.10 Å². The molecule has 3 aromatic rings. The molecule has 7 heteroatoms. The molecule has 0 bridgehead atoms. The van der Waals surface area contributed by atoms with Gasteiger partial charge in [0.15, 0.2) is 0 Å². The van der Waals surface area contributed by atoms with Gasteiger partial charge in [-0.05, 0) is 44.5 Å². The van der Waals surface area contributed by atoms with Gasteiger partial charge < -0.3 is 15.0 Å². The molecule has 0 saturated carbocycles. The number of pyridine rings is 2. The lowest BCUT2D eigenvalue weighted by Crippen LogP contribution is -2.39. The minimum atomic E-state index is -0.0880. The Morgan fingerprint density at radius 2 is 2.00 bits per heavy atom. The molecule has 7 nitrogen and oxygen atoms in total. The molecule has 1 unspecified atom stereocenters. The van der Waals surface area contributed by atoms with Crippen molar-refractivity contribution in [3.8, 4) is 0 Å². The van der Waals surface area contributed by atoms with Gasteiger partial charge in [-0.3, -0.25) is 4.98 Å². The fraction of sp³-hybridized carbons (Fsp3) is 0.333. The molecule has 0 spiro atoms. The number of anilines is 3. The maximum absolute atomic E-state index is 5.97. The minimum Gasteiger partial charge on any atom is -0.368 e. The minimum absolute atomic E-state index is 0.0880. The molecule has 144 valence electrons. The summed E-state index contributed by atoms with van der Waals surface area (Å²) in [6.45, 7) is 8.11. The van der Waals surface area contributed by atoms with Crippen LogP contribution in [-0.2, 0) is 4.74 Å². The van der Waals surface area contributed by atoms with Gasteiger partial charge in [-0.15, -0.1) is 0 Å². The zero-order chi connectivity index (χ0) is 19.5. The second-order valence-corrected chi connectivity index (χ2v) is 6.99. The van der Waals surface area contributed by atoms with Crippen LogP contribution in [0.3, 0.4) is 0 Å². The van der Waals surface area contributed by atoms with E-state index in [9.17, 15) is 0 Å². The summed E-state index contributed by atoms with van der Waals surface area (Å²) < 4.78 is 5.97. The Bertz CT molecular complexity index is 939. The lowest BCUT2D eigenvalue weighted by molar-refractivity contribution is 0.0367. The van der Waals surface area contributed by atoms with Crippen LogP contribution in [0.25, 0.3) is 0 Å². The van der Waals surface area contributed by atoms with Crippen molar-refractivity contribution in [3.63, 3.8) is 0 Å². The first kappa shape index (κ1) is 18.3. The highest BCUT2D eigenvalue weighted by Crippen LogP contribution is 2.25. The number of hydrogen-bond acceptors (Lipinski definition) is 7. The molecule has 3 aromatic heterocycles. The highest BCUT2D eigenvalue weighted by molar-refractivity contribution is 5.58. The molecule has 1 fully saturated rings. The van der Waals surface area contributed by atoms with Crippen molar-refractivity contribution in [2.75, 3.05) is 29.9 Å². The molecule has 0 aliphatic carbocycles. The quantitative estimate of drug-likeness (QED) is 0.747. The van der Waals surface area contributed by atoms with E-state index in [1.54, 1.807) is 6.20 Å². The molecule has 0 aromatic carbocycles. The van der Waals surface area contributed by atoms with E-state index < -0.39 is 0 Å². The van der Waals surface area contributed by atoms with Crippen molar-refractivity contribution < 1.29 is 4.74 Å². The van der Waals surface area contributed by atoms with Crippen LogP contribution < -0.4 is 10.2 Å². The van der Waals surface area contributed by atoms with Crippen LogP contribution in [-0.4, -0.2) is 39.6 Å². The normalized spacial score (nSPS) is 16.8. The second kappa shape index (κ2) is 7.90. The standard InChI is InChI=1S/C21H24N6O/c1-14-5-4-8-22-21(14)26-17-6-7-18(23-12-17)19-13-27(9-10-28-19)20-11-15(2)24-16(3)25-20/h4-8,11-12,19H,9-10,13H2,1-3H3,(H,22,26). The fourth-order valence-corrected chi connectivity index (χ4v) is 3.32. The van der Waals surface area contributed by atoms with E-state index >= 15 is 0 Å². The van der Waals surface area contributed by atoms with Crippen LogP contribution in [0.4, 0.5) is 17.3 Å². The SMILES string of the molecule is Cc1cc(N2CCOC(c3ccc(Nc4ncccc4C)cn3)C2)nc(C)n1. The molecule has 4 rings (SSSR count). The van der Waals surface area contributed by atoms with Gasteiger partial charge >= 0.3 is 0 Å². The molecule has 0 radical (unpaired) electrons. The van der Waals surface area contributed by atoms with Crippen LogP contribution in [0, 0.1) is 20.8 Å². The maximum Gasteiger partial charge on any atom is 0.133 e. The number of aryl methyl sites for hydroxylation is 3. The number of ether oxygens (including phenoxy) is 1. The average molecular weight is 376 g/mol. The van der Waals surface area contributed by atoms with Crippen LogP contribution >= 0.6 is 0 Å². The lowest BCUT2D eigenvalue weighted by Gasteiger charge is -2.33. The molecule has 4 heterocycles. The van der Waals surface area contributed by atoms with E-state index in [2.05, 4.69) is 30.2 Å². The Balaban J connectivity index is 1.47. The second-order valence-electron chi connectivity index (χ2n) is 6.99. The van der Waals surface area contributed by atoms with Gasteiger partial charge in [0.2, 0.25) is 0 Å². The van der Waals surface area contributed by atoms with Gasteiger partial charge in [0, 0.05) is 24.5 Å². The number of morpholine rings is 1. The van der Waals surface area contributed by atoms with Gasteiger partial charge in [0.05, 0.1) is 30.7 Å². The first-order valence-corrected chi connectivity index (χ1v) is 9.42. The van der Waals surface area contributed by atoms with Crippen molar-refractivity contribution in [2.45, 2.75) is 26.9 Å². The molecule has 1 atom stereocenters. The van der Waals surface area contributed by atoms with Crippen molar-refractivity contribution in [1.29, 1.82) is 0 Å². The topological polar surface area (TPSA) is 76.1 Å². The Morgan fingerprint density at radius 3 is 2.75 bits per heavy atom. The van der Waals surface area contributed by atoms with Crippen molar-refractivity contribution in [1.82, 2.24) is 19.9 Å². The van der Waals surface area contributed by atoms with Crippen LogP contribution in [0.1, 0.15) is 28.9 Å². The van der Waals surface area contributed by atoms with E-state index in [1.807, 2.05) is 57.3 Å². The molecule has 1 aliphatic rings. The largest absolute Gasteiger partial charge is 0.368 e. The third-order valence-electron chi connectivity index (χ3n) is 4.73. The molecular formula is C21H24N6O. The van der Waals surface area contributed by atoms with Crippen LogP contribution in [0.5, 0.6) is 0 Å². The van der Waals surface area contributed by atoms with Crippen LogP contribution in [0.2, 0.25) is 0 Å². The predicted molar refractivity (Wildman–Crippen MR) is 109 cm³/mol. The van der Waals surface area contributed by atoms with Crippen molar-refractivity contribution >= 4 is 17.3 Å². The summed E-state index contributed by atoms with van der Waals surface area (Å²) in [5.74, 6) is 2.57. The third-order valence-corrected chi connectivity index (χ3v) is 4.73. The number of rotatable bonds is 4. The molecule has 28 heavy (non-hydrogen) atoms. The highest BCUT2D eigenvalue weighted by atomic mass is 16.5. The van der Waals surface area contributed by atoms with Gasteiger partial charge in [0.25, 0.3) is 0 Å². The summed E-state index contributed by atoms with van der Waals surface area (Å²) in [5.41, 5.74) is 3.88. The fourth-order valence-electron chi connectivity index (χ4n) is 3.32. The monoisotopic (exact) mass is 376 g/mol. The van der Waals surface area contributed by atoms with Crippen molar-refractivity contribution in [3.05, 3.63) is 65.5 Å². The third kappa shape index (κ3) is 4.09. The summed E-state index contributed by atoms with van der Waals surface area (Å²) in [5, 5.41) is 3.31. The average Bonchev–Trinajstić information content (AvgIpc) is 2.70. The van der Waals surface area contributed by atoms with E-state index in [0.717, 1.165) is 53.2 Å². The van der Waals surface area contributed by atoms with Gasteiger partial charge in [-0.2, -0.15) is 0 Å². The number of aromatic nitrogens is 4. The Hall–Kier alpha value is -3.06. The Kier molecular flexibility index (Phi) is 5.16. The van der Waals surface area contributed by atoms with E-state index in [4.69, 9.17) is 4.74 Å². The molecule has 0 amide bonds. The molecule has 1 N–H and O–H groups in total. The maximum atomic E-state index is 5.97. The Morgan fingerprint density at radius 1 is 1.11 bits per heavy atom. The summed E-state index contributed by atoms with van der Waals surface area (Å²) >= 11 is 0.